The SMILES string of the molecule is Cc1ccccc1NC(=O)CN1C(=O)SC(=Cc2cc(C)c(O)c(C)c2)C1=O. The van der Waals surface area contributed by atoms with Crippen LogP contribution < -0.4 is 5.32 Å². The average molecular weight is 396 g/mol. The monoisotopic (exact) mass is 396 g/mol. The fourth-order valence-corrected chi connectivity index (χ4v) is 3.75. The zero-order chi connectivity index (χ0) is 20.4. The van der Waals surface area contributed by atoms with E-state index in [1.165, 1.54) is 0 Å². The van der Waals surface area contributed by atoms with Crippen LogP contribution in [0.4, 0.5) is 10.5 Å². The summed E-state index contributed by atoms with van der Waals surface area (Å²) in [6.45, 7) is 5.05. The number of nitrogens with zero attached hydrogens (tertiary/aromatic N) is 1. The molecule has 3 rings (SSSR count). The molecule has 1 fully saturated rings. The molecule has 144 valence electrons. The predicted octanol–water partition coefficient (Wildman–Crippen LogP) is 3.99. The minimum Gasteiger partial charge on any atom is -0.507 e. The molecule has 2 N–H and O–H groups in total. The van der Waals surface area contributed by atoms with Crippen molar-refractivity contribution in [2.75, 3.05) is 11.9 Å². The third-order valence-corrected chi connectivity index (χ3v) is 5.31. The first-order valence-corrected chi connectivity index (χ1v) is 9.49. The van der Waals surface area contributed by atoms with Gasteiger partial charge in [-0.25, -0.2) is 0 Å². The van der Waals surface area contributed by atoms with E-state index < -0.39 is 17.1 Å². The maximum absolute atomic E-state index is 12.6. The van der Waals surface area contributed by atoms with Gasteiger partial charge in [-0.1, -0.05) is 18.2 Å². The maximum Gasteiger partial charge on any atom is 0.294 e. The lowest BCUT2D eigenvalue weighted by atomic mass is 10.1. The summed E-state index contributed by atoms with van der Waals surface area (Å²) < 4.78 is 0. The van der Waals surface area contributed by atoms with E-state index in [0.717, 1.165) is 22.2 Å². The third-order valence-electron chi connectivity index (χ3n) is 4.41. The third kappa shape index (κ3) is 4.09. The van der Waals surface area contributed by atoms with Gasteiger partial charge in [-0.3, -0.25) is 19.3 Å². The first-order chi connectivity index (χ1) is 13.3. The minimum atomic E-state index is -0.502. The summed E-state index contributed by atoms with van der Waals surface area (Å²) in [6.07, 6.45) is 1.60. The number of amides is 3. The molecular weight excluding hydrogens is 376 g/mol. The molecule has 0 atom stereocenters. The van der Waals surface area contributed by atoms with Gasteiger partial charge in [-0.2, -0.15) is 0 Å². The molecule has 0 aromatic heterocycles. The Kier molecular flexibility index (Phi) is 5.56. The van der Waals surface area contributed by atoms with Gasteiger partial charge in [0.25, 0.3) is 11.1 Å². The van der Waals surface area contributed by atoms with Crippen molar-refractivity contribution >= 4 is 40.6 Å². The first-order valence-electron chi connectivity index (χ1n) is 8.67. The van der Waals surface area contributed by atoms with Gasteiger partial charge < -0.3 is 10.4 Å². The van der Waals surface area contributed by atoms with E-state index in [2.05, 4.69) is 5.32 Å². The van der Waals surface area contributed by atoms with Crippen LogP contribution in [-0.4, -0.2) is 33.6 Å². The number of carbonyl (C=O) groups is 3. The van der Waals surface area contributed by atoms with Gasteiger partial charge in [-0.05, 0) is 79.1 Å². The number of anilines is 1. The number of benzene rings is 2. The second kappa shape index (κ2) is 7.90. The van der Waals surface area contributed by atoms with Crippen molar-refractivity contribution in [3.8, 4) is 5.75 Å². The van der Waals surface area contributed by atoms with E-state index in [-0.39, 0.29) is 17.2 Å². The summed E-state index contributed by atoms with van der Waals surface area (Å²) in [4.78, 5) is 38.3. The molecule has 0 bridgehead atoms. The van der Waals surface area contributed by atoms with Crippen LogP contribution >= 0.6 is 11.8 Å². The zero-order valence-corrected chi connectivity index (χ0v) is 16.6. The summed E-state index contributed by atoms with van der Waals surface area (Å²) in [7, 11) is 0. The number of thioether (sulfide) groups is 1. The van der Waals surface area contributed by atoms with Gasteiger partial charge >= 0.3 is 0 Å². The maximum atomic E-state index is 12.6. The number of rotatable bonds is 4. The Hall–Kier alpha value is -3.06. The Labute approximate surface area is 167 Å². The second-order valence-corrected chi connectivity index (χ2v) is 7.63. The number of aryl methyl sites for hydroxylation is 3. The second-order valence-electron chi connectivity index (χ2n) is 6.63. The molecule has 2 aromatic carbocycles. The van der Waals surface area contributed by atoms with E-state index in [0.29, 0.717) is 22.4 Å². The highest BCUT2D eigenvalue weighted by molar-refractivity contribution is 8.18. The zero-order valence-electron chi connectivity index (χ0n) is 15.8. The summed E-state index contributed by atoms with van der Waals surface area (Å²) in [5.74, 6) is -0.731. The van der Waals surface area contributed by atoms with Crippen molar-refractivity contribution in [3.63, 3.8) is 0 Å². The number of phenols is 1. The van der Waals surface area contributed by atoms with Gasteiger partial charge in [-0.15, -0.1) is 0 Å². The summed E-state index contributed by atoms with van der Waals surface area (Å²) >= 11 is 0.800. The average Bonchev–Trinajstić information content (AvgIpc) is 2.89. The number of nitrogens with one attached hydrogen (secondary N) is 1. The van der Waals surface area contributed by atoms with Gasteiger partial charge in [0.15, 0.2) is 0 Å². The summed E-state index contributed by atoms with van der Waals surface area (Å²) in [5, 5.41) is 12.1. The molecule has 1 heterocycles. The first kappa shape index (κ1) is 19.7. The summed E-state index contributed by atoms with van der Waals surface area (Å²) in [5.41, 5.74) is 3.61. The number of imide groups is 1. The van der Waals surface area contributed by atoms with E-state index in [4.69, 9.17) is 0 Å². The van der Waals surface area contributed by atoms with Gasteiger partial charge in [0.05, 0.1) is 4.91 Å². The molecular formula is C21H20N2O4S. The van der Waals surface area contributed by atoms with Crippen LogP contribution in [-0.2, 0) is 9.59 Å². The summed E-state index contributed by atoms with van der Waals surface area (Å²) in [6, 6.07) is 10.8. The quantitative estimate of drug-likeness (QED) is 0.763. The molecule has 0 unspecified atom stereocenters. The normalized spacial score (nSPS) is 15.4. The van der Waals surface area contributed by atoms with E-state index in [9.17, 15) is 19.5 Å². The van der Waals surface area contributed by atoms with Crippen LogP contribution in [0, 0.1) is 20.8 Å². The van der Waals surface area contributed by atoms with Crippen molar-refractivity contribution in [1.29, 1.82) is 0 Å². The predicted molar refractivity (Wildman–Crippen MR) is 110 cm³/mol. The van der Waals surface area contributed by atoms with Crippen molar-refractivity contribution in [3.05, 3.63) is 63.6 Å². The number of hydrogen-bond acceptors (Lipinski definition) is 5. The number of carbonyl (C=O) groups excluding carboxylic acids is 3. The van der Waals surface area contributed by atoms with Crippen molar-refractivity contribution in [2.24, 2.45) is 0 Å². The van der Waals surface area contributed by atoms with Gasteiger partial charge in [0.2, 0.25) is 5.91 Å². The lowest BCUT2D eigenvalue weighted by Gasteiger charge is -2.13. The molecule has 0 radical (unpaired) electrons. The number of para-hydroxylation sites is 1. The van der Waals surface area contributed by atoms with Crippen LogP contribution in [0.5, 0.6) is 5.75 Å². The van der Waals surface area contributed by atoms with Crippen molar-refractivity contribution in [1.82, 2.24) is 4.90 Å². The molecule has 1 aliphatic rings. The van der Waals surface area contributed by atoms with Crippen molar-refractivity contribution in [2.45, 2.75) is 20.8 Å². The van der Waals surface area contributed by atoms with Crippen LogP contribution in [0.15, 0.2) is 41.3 Å². The van der Waals surface area contributed by atoms with Crippen molar-refractivity contribution < 1.29 is 19.5 Å². The molecule has 28 heavy (non-hydrogen) atoms. The van der Waals surface area contributed by atoms with Gasteiger partial charge in [0.1, 0.15) is 12.3 Å². The molecule has 1 saturated heterocycles. The Morgan fingerprint density at radius 3 is 2.39 bits per heavy atom. The van der Waals surface area contributed by atoms with E-state index in [1.54, 1.807) is 44.2 Å². The Morgan fingerprint density at radius 1 is 1.11 bits per heavy atom. The van der Waals surface area contributed by atoms with Crippen LogP contribution in [0.1, 0.15) is 22.3 Å². The molecule has 1 aliphatic heterocycles. The lowest BCUT2D eigenvalue weighted by molar-refractivity contribution is -0.127. The fraction of sp³-hybridized carbons (Fsp3) is 0.190. The highest BCUT2D eigenvalue weighted by atomic mass is 32.2. The molecule has 0 spiro atoms. The van der Waals surface area contributed by atoms with Crippen LogP contribution in [0.3, 0.4) is 0 Å². The highest BCUT2D eigenvalue weighted by Crippen LogP contribution is 2.33. The number of hydrogen-bond donors (Lipinski definition) is 2. The van der Waals surface area contributed by atoms with Gasteiger partial charge in [0, 0.05) is 5.69 Å². The highest BCUT2D eigenvalue weighted by Gasteiger charge is 2.36. The molecule has 2 aromatic rings. The lowest BCUT2D eigenvalue weighted by Crippen LogP contribution is -2.36. The number of aromatic hydroxyl groups is 1. The molecule has 7 heteroatoms. The topological polar surface area (TPSA) is 86.7 Å². The van der Waals surface area contributed by atoms with E-state index in [1.807, 2.05) is 19.1 Å². The minimum absolute atomic E-state index is 0.207. The van der Waals surface area contributed by atoms with Crippen LogP contribution in [0.25, 0.3) is 6.08 Å². The Bertz CT molecular complexity index is 990. The standard InChI is InChI=1S/C21H20N2O4S/c1-12-6-4-5-7-16(12)22-18(24)11-23-20(26)17(28-21(23)27)10-15-8-13(2)19(25)14(3)9-15/h4-10,25H,11H2,1-3H3,(H,22,24). The molecule has 3 amide bonds. The largest absolute Gasteiger partial charge is 0.507 e. The molecule has 6 nitrogen and oxygen atoms in total. The Balaban J connectivity index is 1.75. The fourth-order valence-electron chi connectivity index (χ4n) is 2.91. The molecule has 0 aliphatic carbocycles. The van der Waals surface area contributed by atoms with Crippen LogP contribution in [0.2, 0.25) is 0 Å². The smallest absolute Gasteiger partial charge is 0.294 e. The Morgan fingerprint density at radius 2 is 1.75 bits per heavy atom. The number of phenolic OH excluding ortho intramolecular Hbond substituents is 1. The van der Waals surface area contributed by atoms with E-state index >= 15 is 0 Å². The molecule has 0 saturated carbocycles.